The summed E-state index contributed by atoms with van der Waals surface area (Å²) >= 11 is 5.59. The van der Waals surface area contributed by atoms with E-state index in [1.54, 1.807) is 0 Å². The number of hydrogen-bond donors (Lipinski definition) is 0. The molecule has 6 saturated carbocycles. The van der Waals surface area contributed by atoms with Crippen LogP contribution >= 0.6 is 57.9 Å². The molecule has 0 bridgehead atoms. The number of nitrogens with zero attached hydrogens (tertiary/aromatic N) is 2. The van der Waals surface area contributed by atoms with Crippen LogP contribution in [0.2, 0.25) is 0 Å². The average molecular weight is 1110 g/mol. The maximum Gasteiger partial charge on any atom is 2.00 e. The number of halogens is 4. The predicted molar refractivity (Wildman–Crippen MR) is 228 cm³/mol. The fraction of sp³-hybridized carbons (Fsp3) is 0.795. The minimum absolute atomic E-state index is 0. The molecule has 0 aliphatic heterocycles. The molecule has 6 fully saturated rings. The molecule has 0 aromatic carbocycles. The fourth-order valence-electron chi connectivity index (χ4n) is 6.00. The van der Waals surface area contributed by atoms with Gasteiger partial charge in [-0.3, -0.25) is 0 Å². The van der Waals surface area contributed by atoms with Gasteiger partial charge >= 0.3 is 61.5 Å². The summed E-state index contributed by atoms with van der Waals surface area (Å²) < 4.78 is 36.0. The summed E-state index contributed by atoms with van der Waals surface area (Å²) in [5.41, 5.74) is -4.02. The largest absolute Gasteiger partial charge is 2.00 e. The summed E-state index contributed by atoms with van der Waals surface area (Å²) in [7, 11) is 0. The van der Waals surface area contributed by atoms with E-state index in [4.69, 9.17) is 10.5 Å². The molecular formula is C39H74F3FeIN2Ru2S3. The summed E-state index contributed by atoms with van der Waals surface area (Å²) in [4.78, 5) is 0. The Morgan fingerprint density at radius 1 is 0.431 bits per heavy atom. The van der Waals surface area contributed by atoms with Gasteiger partial charge in [-0.2, -0.15) is 23.7 Å². The van der Waals surface area contributed by atoms with Crippen molar-refractivity contribution in [1.29, 1.82) is 10.5 Å². The van der Waals surface area contributed by atoms with E-state index >= 15 is 0 Å². The van der Waals surface area contributed by atoms with Crippen molar-refractivity contribution in [1.82, 2.24) is 0 Å². The van der Waals surface area contributed by atoms with Gasteiger partial charge in [0.2, 0.25) is 0 Å². The third-order valence-corrected chi connectivity index (χ3v) is 12.6. The minimum Gasteiger partial charge on any atom is -0.358 e. The molecule has 6 aliphatic carbocycles. The first-order valence-electron chi connectivity index (χ1n) is 16.8. The van der Waals surface area contributed by atoms with Crippen molar-refractivity contribution in [3.63, 3.8) is 0 Å². The predicted octanol–water partition coefficient (Wildman–Crippen LogP) is 16.4. The SMILES string of the molecule is C1CCCC1.C1CCCC1.FC(F)(F)SC1CCCC1.IC1CCCC1.N#CSC1CCCC1.N#CSC1CCCC1.[CH3-].[CH3-].[CH3-].[CH3-].[CH3-].[CH3-].[Fe+2].[Ru+2].[Ru+2]. The van der Waals surface area contributed by atoms with Crippen LogP contribution in [0.5, 0.6) is 0 Å². The van der Waals surface area contributed by atoms with Gasteiger partial charge in [0.15, 0.2) is 0 Å². The van der Waals surface area contributed by atoms with Crippen molar-refractivity contribution in [3.8, 4) is 10.8 Å². The van der Waals surface area contributed by atoms with Crippen molar-refractivity contribution in [3.05, 3.63) is 44.6 Å². The van der Waals surface area contributed by atoms with E-state index in [0.717, 1.165) is 29.6 Å². The quantitative estimate of drug-likeness (QED) is 0.0927. The van der Waals surface area contributed by atoms with Crippen LogP contribution < -0.4 is 0 Å². The van der Waals surface area contributed by atoms with E-state index in [0.29, 0.717) is 10.5 Å². The average Bonchev–Trinajstić information content (AvgIpc) is 3.82. The van der Waals surface area contributed by atoms with Crippen LogP contribution in [0.4, 0.5) is 13.2 Å². The second kappa shape index (κ2) is 52.3. The summed E-state index contributed by atoms with van der Waals surface area (Å²) in [5, 5.41) is 21.9. The smallest absolute Gasteiger partial charge is 0.358 e. The van der Waals surface area contributed by atoms with E-state index in [-0.39, 0.29) is 118 Å². The second-order valence-corrected chi connectivity index (χ2v) is 17.4. The van der Waals surface area contributed by atoms with Gasteiger partial charge in [-0.05, 0) is 86.7 Å². The van der Waals surface area contributed by atoms with E-state index in [2.05, 4.69) is 33.4 Å². The molecule has 0 N–H and O–H groups in total. The van der Waals surface area contributed by atoms with E-state index in [9.17, 15) is 13.2 Å². The van der Waals surface area contributed by atoms with Gasteiger partial charge in [0.05, 0.1) is 0 Å². The van der Waals surface area contributed by atoms with Crippen molar-refractivity contribution >= 4 is 57.9 Å². The summed E-state index contributed by atoms with van der Waals surface area (Å²) in [6.45, 7) is 0. The van der Waals surface area contributed by atoms with Crippen LogP contribution in [0.25, 0.3) is 0 Å². The third-order valence-electron chi connectivity index (χ3n) is 8.43. The standard InChI is InChI=1S/C6H9F3S.2C6H9NS.C5H9I.2C5H10.6CH3.Fe.2Ru/c7-6(8,9)10-5-3-1-2-4-5;2*7-5-8-6-3-1-2-4-6;6-5-3-1-2-4-5;2*1-2-4-5-3-1;;;;;;;;;/h5H,1-4H2;2*6H,1-4H2;5H,1-4H2;2*1-5H2;6*1H3;;;/q;;;;;;6*-1;3*+2. The molecule has 0 heterocycles. The molecule has 0 atom stereocenters. The van der Waals surface area contributed by atoms with Crippen molar-refractivity contribution in [2.75, 3.05) is 0 Å². The zero-order chi connectivity index (χ0) is 30.7. The van der Waals surface area contributed by atoms with Crippen LogP contribution in [0.1, 0.15) is 167 Å². The van der Waals surface area contributed by atoms with E-state index in [1.165, 1.54) is 165 Å². The Balaban J connectivity index is -0.0000000580. The van der Waals surface area contributed by atoms with Gasteiger partial charge in [0, 0.05) is 19.7 Å². The number of thiocyanates is 2. The minimum atomic E-state index is -4.02. The van der Waals surface area contributed by atoms with Crippen LogP contribution in [0.3, 0.4) is 0 Å². The Morgan fingerprint density at radius 2 is 0.647 bits per heavy atom. The molecule has 6 aliphatic rings. The Hall–Kier alpha value is 2.32. The van der Waals surface area contributed by atoms with Crippen molar-refractivity contribution in [2.45, 2.75) is 192 Å². The molecular weight excluding hydrogens is 1030 g/mol. The van der Waals surface area contributed by atoms with Crippen molar-refractivity contribution in [2.24, 2.45) is 0 Å². The maximum absolute atomic E-state index is 11.7. The van der Waals surface area contributed by atoms with Gasteiger partial charge in [-0.15, -0.1) is 0 Å². The van der Waals surface area contributed by atoms with Gasteiger partial charge < -0.3 is 44.6 Å². The second-order valence-electron chi connectivity index (χ2n) is 12.1. The van der Waals surface area contributed by atoms with Gasteiger partial charge in [0.1, 0.15) is 10.8 Å². The molecule has 2 nitrogen and oxygen atoms in total. The van der Waals surface area contributed by atoms with Crippen molar-refractivity contribution < 1.29 is 69.2 Å². The topological polar surface area (TPSA) is 47.6 Å². The number of thioether (sulfide) groups is 3. The number of nitriles is 2. The first-order valence-corrected chi connectivity index (χ1v) is 20.7. The van der Waals surface area contributed by atoms with Gasteiger partial charge in [0.25, 0.3) is 0 Å². The molecule has 51 heavy (non-hydrogen) atoms. The molecule has 0 spiro atoms. The molecule has 12 heteroatoms. The molecule has 0 saturated heterocycles. The monoisotopic (exact) mass is 1110 g/mol. The summed E-state index contributed by atoms with van der Waals surface area (Å²) in [5.74, 6) is 0. The molecule has 6 rings (SSSR count). The van der Waals surface area contributed by atoms with Gasteiger partial charge in [-0.25, -0.2) is 0 Å². The van der Waals surface area contributed by atoms with E-state index in [1.807, 2.05) is 0 Å². The van der Waals surface area contributed by atoms with Crippen LogP contribution in [-0.2, 0) is 56.0 Å². The Bertz CT molecular complexity index is 650. The fourth-order valence-corrected chi connectivity index (χ4v) is 9.26. The summed E-state index contributed by atoms with van der Waals surface area (Å²) in [6, 6.07) is 0. The maximum atomic E-state index is 11.7. The molecule has 0 unspecified atom stereocenters. The Kier molecular flexibility index (Phi) is 76.2. The summed E-state index contributed by atoms with van der Waals surface area (Å²) in [6.07, 6.45) is 34.7. The van der Waals surface area contributed by atoms with Gasteiger partial charge in [-0.1, -0.05) is 138 Å². The first-order chi connectivity index (χ1) is 20.3. The zero-order valence-corrected chi connectivity index (χ0v) is 42.1. The molecule has 0 radical (unpaired) electrons. The molecule has 0 aromatic rings. The van der Waals surface area contributed by atoms with Crippen LogP contribution in [-0.4, -0.2) is 25.2 Å². The number of rotatable bonds is 3. The third kappa shape index (κ3) is 50.3. The Labute approximate surface area is 381 Å². The molecule has 0 aromatic heterocycles. The van der Waals surface area contributed by atoms with Crippen LogP contribution in [0.15, 0.2) is 0 Å². The van der Waals surface area contributed by atoms with Crippen LogP contribution in [0, 0.1) is 65.9 Å². The normalized spacial score (nSPS) is 18.5. The first kappa shape index (κ1) is 74.3. The van der Waals surface area contributed by atoms with E-state index < -0.39 is 5.51 Å². The number of hydrogen-bond acceptors (Lipinski definition) is 5. The molecule has 310 valence electrons. The molecule has 0 amide bonds. The number of alkyl halides is 4. The Morgan fingerprint density at radius 3 is 0.824 bits per heavy atom. The zero-order valence-electron chi connectivity index (χ0n) is 32.9.